The molecular formula is C29H34N2O. The van der Waals surface area contributed by atoms with Crippen LogP contribution in [0.5, 0.6) is 0 Å². The van der Waals surface area contributed by atoms with Crippen LogP contribution in [0.1, 0.15) is 46.8 Å². The zero-order valence-corrected chi connectivity index (χ0v) is 19.5. The summed E-state index contributed by atoms with van der Waals surface area (Å²) in [5, 5.41) is 3.09. The maximum absolute atomic E-state index is 12.8. The average molecular weight is 427 g/mol. The lowest BCUT2D eigenvalue weighted by molar-refractivity contribution is 0.102. The molecule has 0 spiro atoms. The third kappa shape index (κ3) is 5.46. The lowest BCUT2D eigenvalue weighted by atomic mass is 9.83. The molecule has 1 N–H and O–H groups in total. The van der Waals surface area contributed by atoms with Crippen LogP contribution in [0.25, 0.3) is 11.1 Å². The van der Waals surface area contributed by atoms with Crippen LogP contribution in [0, 0.1) is 5.92 Å². The summed E-state index contributed by atoms with van der Waals surface area (Å²) in [6.07, 6.45) is 5.69. The van der Waals surface area contributed by atoms with Crippen molar-refractivity contribution in [3.05, 3.63) is 89.0 Å². The van der Waals surface area contributed by atoms with Gasteiger partial charge in [-0.2, -0.15) is 0 Å². The number of carbonyl (C=O) groups excluding carboxylic acids is 1. The van der Waals surface area contributed by atoms with Crippen LogP contribution in [0.3, 0.4) is 0 Å². The van der Waals surface area contributed by atoms with Crippen LogP contribution in [-0.2, 0) is 19.3 Å². The molecule has 0 aliphatic heterocycles. The summed E-state index contributed by atoms with van der Waals surface area (Å²) in [5.41, 5.74) is 8.04. The Morgan fingerprint density at radius 1 is 0.938 bits per heavy atom. The molecule has 166 valence electrons. The summed E-state index contributed by atoms with van der Waals surface area (Å²) in [5.74, 6) is 0.662. The molecule has 0 bridgehead atoms. The number of amides is 1. The SMILES string of the molecule is CCCc1ccc(-c2ccc(C(=O)Nc3ccc4c(c3)CCC(CN(C)C)C4)cc2)cc1. The molecule has 4 rings (SSSR count). The van der Waals surface area contributed by atoms with Gasteiger partial charge in [0.05, 0.1) is 0 Å². The number of hydrogen-bond donors (Lipinski definition) is 1. The van der Waals surface area contributed by atoms with Gasteiger partial charge in [-0.25, -0.2) is 0 Å². The molecule has 1 unspecified atom stereocenters. The van der Waals surface area contributed by atoms with Gasteiger partial charge < -0.3 is 10.2 Å². The highest BCUT2D eigenvalue weighted by Gasteiger charge is 2.19. The molecule has 3 aromatic rings. The van der Waals surface area contributed by atoms with E-state index in [0.717, 1.165) is 49.4 Å². The third-order valence-electron chi connectivity index (χ3n) is 6.39. The molecular weight excluding hydrogens is 392 g/mol. The topological polar surface area (TPSA) is 32.3 Å². The number of aryl methyl sites for hydroxylation is 2. The van der Waals surface area contributed by atoms with Gasteiger partial charge in [-0.3, -0.25) is 4.79 Å². The second-order valence-electron chi connectivity index (χ2n) is 9.33. The fourth-order valence-corrected chi connectivity index (χ4v) is 4.75. The smallest absolute Gasteiger partial charge is 0.255 e. The number of rotatable bonds is 7. The van der Waals surface area contributed by atoms with Gasteiger partial charge in [0.15, 0.2) is 0 Å². The van der Waals surface area contributed by atoms with Gasteiger partial charge in [0.2, 0.25) is 0 Å². The molecule has 0 fully saturated rings. The zero-order chi connectivity index (χ0) is 22.5. The van der Waals surface area contributed by atoms with E-state index in [4.69, 9.17) is 0 Å². The molecule has 1 aliphatic rings. The lowest BCUT2D eigenvalue weighted by Gasteiger charge is -2.27. The molecule has 1 atom stereocenters. The van der Waals surface area contributed by atoms with Crippen molar-refractivity contribution in [2.24, 2.45) is 5.92 Å². The van der Waals surface area contributed by atoms with Crippen LogP contribution in [-0.4, -0.2) is 31.4 Å². The maximum Gasteiger partial charge on any atom is 0.255 e. The van der Waals surface area contributed by atoms with Crippen molar-refractivity contribution in [1.29, 1.82) is 0 Å². The van der Waals surface area contributed by atoms with Crippen molar-refractivity contribution in [2.45, 2.75) is 39.0 Å². The van der Waals surface area contributed by atoms with E-state index in [-0.39, 0.29) is 5.91 Å². The molecule has 0 aromatic heterocycles. The number of nitrogens with zero attached hydrogens (tertiary/aromatic N) is 1. The summed E-state index contributed by atoms with van der Waals surface area (Å²) >= 11 is 0. The first-order valence-corrected chi connectivity index (χ1v) is 11.8. The van der Waals surface area contributed by atoms with Crippen LogP contribution < -0.4 is 5.32 Å². The van der Waals surface area contributed by atoms with E-state index in [1.54, 1.807) is 0 Å². The first kappa shape index (κ1) is 22.3. The van der Waals surface area contributed by atoms with Crippen molar-refractivity contribution in [3.8, 4) is 11.1 Å². The highest BCUT2D eigenvalue weighted by molar-refractivity contribution is 6.04. The van der Waals surface area contributed by atoms with Gasteiger partial charge >= 0.3 is 0 Å². The summed E-state index contributed by atoms with van der Waals surface area (Å²) in [4.78, 5) is 15.1. The fraction of sp³-hybridized carbons (Fsp3) is 0.345. The first-order chi connectivity index (χ1) is 15.5. The van der Waals surface area contributed by atoms with Gasteiger partial charge in [0.1, 0.15) is 0 Å². The molecule has 1 amide bonds. The number of hydrogen-bond acceptors (Lipinski definition) is 2. The second kappa shape index (κ2) is 10.1. The van der Waals surface area contributed by atoms with Crippen LogP contribution >= 0.6 is 0 Å². The van der Waals surface area contributed by atoms with Gasteiger partial charge in [0, 0.05) is 17.8 Å². The Morgan fingerprint density at radius 2 is 1.62 bits per heavy atom. The monoisotopic (exact) mass is 426 g/mol. The third-order valence-corrected chi connectivity index (χ3v) is 6.39. The van der Waals surface area contributed by atoms with Crippen LogP contribution in [0.4, 0.5) is 5.69 Å². The highest BCUT2D eigenvalue weighted by atomic mass is 16.1. The van der Waals surface area contributed by atoms with E-state index in [1.807, 2.05) is 30.3 Å². The van der Waals surface area contributed by atoms with Gasteiger partial charge in [-0.05, 0) is 97.8 Å². The van der Waals surface area contributed by atoms with E-state index in [1.165, 1.54) is 28.7 Å². The van der Waals surface area contributed by atoms with Crippen LogP contribution in [0.15, 0.2) is 66.7 Å². The summed E-state index contributed by atoms with van der Waals surface area (Å²) in [7, 11) is 4.29. The molecule has 0 saturated heterocycles. The first-order valence-electron chi connectivity index (χ1n) is 11.8. The summed E-state index contributed by atoms with van der Waals surface area (Å²) in [6.45, 7) is 3.33. The van der Waals surface area contributed by atoms with Crippen molar-refractivity contribution < 1.29 is 4.79 Å². The van der Waals surface area contributed by atoms with E-state index >= 15 is 0 Å². The Balaban J connectivity index is 1.40. The molecule has 0 radical (unpaired) electrons. The minimum Gasteiger partial charge on any atom is -0.322 e. The van der Waals surface area contributed by atoms with Gasteiger partial charge in [-0.1, -0.05) is 55.8 Å². The largest absolute Gasteiger partial charge is 0.322 e. The average Bonchev–Trinajstić information content (AvgIpc) is 2.79. The molecule has 1 aliphatic carbocycles. The molecule has 0 heterocycles. The van der Waals surface area contributed by atoms with E-state index in [2.05, 4.69) is 67.6 Å². The number of nitrogens with one attached hydrogen (secondary N) is 1. The van der Waals surface area contributed by atoms with E-state index in [9.17, 15) is 4.79 Å². The maximum atomic E-state index is 12.8. The van der Waals surface area contributed by atoms with Crippen LogP contribution in [0.2, 0.25) is 0 Å². The van der Waals surface area contributed by atoms with Gasteiger partial charge in [-0.15, -0.1) is 0 Å². The second-order valence-corrected chi connectivity index (χ2v) is 9.33. The Kier molecular flexibility index (Phi) is 7.06. The summed E-state index contributed by atoms with van der Waals surface area (Å²) in [6, 6.07) is 23.0. The predicted molar refractivity (Wildman–Crippen MR) is 134 cm³/mol. The zero-order valence-electron chi connectivity index (χ0n) is 19.5. The molecule has 3 nitrogen and oxygen atoms in total. The van der Waals surface area contributed by atoms with Crippen molar-refractivity contribution >= 4 is 11.6 Å². The van der Waals surface area contributed by atoms with E-state index in [0.29, 0.717) is 5.56 Å². The molecule has 3 aromatic carbocycles. The Bertz CT molecular complexity index is 1050. The van der Waals surface area contributed by atoms with Gasteiger partial charge in [0.25, 0.3) is 5.91 Å². The lowest BCUT2D eigenvalue weighted by Crippen LogP contribution is -2.26. The van der Waals surface area contributed by atoms with Crippen molar-refractivity contribution in [3.63, 3.8) is 0 Å². The number of carbonyl (C=O) groups is 1. The highest BCUT2D eigenvalue weighted by Crippen LogP contribution is 2.28. The predicted octanol–water partition coefficient (Wildman–Crippen LogP) is 6.22. The molecule has 0 saturated carbocycles. The number of anilines is 1. The number of fused-ring (bicyclic) bond motifs is 1. The van der Waals surface area contributed by atoms with Crippen molar-refractivity contribution in [1.82, 2.24) is 4.90 Å². The minimum atomic E-state index is -0.0592. The minimum absolute atomic E-state index is 0.0592. The Morgan fingerprint density at radius 3 is 2.28 bits per heavy atom. The standard InChI is InChI=1S/C29H34N2O/c1-4-5-21-6-9-23(10-7-21)24-12-14-25(15-13-24)29(32)30-28-17-16-26-18-22(20-31(2)3)8-11-27(26)19-28/h6-7,9-10,12-17,19,22H,4-5,8,11,18,20H2,1-3H3,(H,30,32). The number of benzene rings is 3. The summed E-state index contributed by atoms with van der Waals surface area (Å²) < 4.78 is 0. The Hall–Kier alpha value is -2.91. The fourth-order valence-electron chi connectivity index (χ4n) is 4.75. The molecule has 3 heteroatoms. The van der Waals surface area contributed by atoms with E-state index < -0.39 is 0 Å². The molecule has 32 heavy (non-hydrogen) atoms. The quantitative estimate of drug-likeness (QED) is 0.486. The normalized spacial score (nSPS) is 15.4. The Labute approximate surface area is 192 Å². The van der Waals surface area contributed by atoms with Crippen molar-refractivity contribution in [2.75, 3.05) is 26.0 Å².